The molecule has 0 heterocycles. The molecule has 0 saturated carbocycles. The maximum atomic E-state index is 13.1. The van der Waals surface area contributed by atoms with Gasteiger partial charge in [-0.05, 0) is 24.3 Å². The summed E-state index contributed by atoms with van der Waals surface area (Å²) in [6.45, 7) is 0. The fraction of sp³-hybridized carbons (Fsp3) is 0. The highest BCUT2D eigenvalue weighted by Crippen LogP contribution is 2.01. The predicted molar refractivity (Wildman–Crippen MR) is 54.6 cm³/mol. The standard InChI is InChI=1S/C13H8FIO2/c14-9-6-7-11(13(16)17)12(8-9)15-10-4-2-1-3-5-10/h1-8H. The van der Waals surface area contributed by atoms with Crippen LogP contribution in [-0.2, 0) is 0 Å². The van der Waals surface area contributed by atoms with E-state index < -0.39 is 33.0 Å². The highest BCUT2D eigenvalue weighted by atomic mass is 127. The van der Waals surface area contributed by atoms with Crippen molar-refractivity contribution in [3.05, 3.63) is 67.1 Å². The van der Waals surface area contributed by atoms with E-state index in [1.54, 1.807) is 0 Å². The summed E-state index contributed by atoms with van der Waals surface area (Å²) in [6.07, 6.45) is 0. The average molecular weight is 342 g/mol. The van der Waals surface area contributed by atoms with Crippen LogP contribution in [-0.4, -0.2) is 5.97 Å². The Kier molecular flexibility index (Phi) is 3.73. The van der Waals surface area contributed by atoms with Crippen LogP contribution in [0.1, 0.15) is 10.4 Å². The normalized spacial score (nSPS) is 10.2. The number of benzene rings is 2. The first kappa shape index (κ1) is 12.0. The topological polar surface area (TPSA) is 40.1 Å². The van der Waals surface area contributed by atoms with E-state index in [9.17, 15) is 14.3 Å². The average Bonchev–Trinajstić information content (AvgIpc) is 2.30. The van der Waals surface area contributed by atoms with Crippen molar-refractivity contribution >= 4 is 5.97 Å². The lowest BCUT2D eigenvalue weighted by Crippen LogP contribution is -3.61. The highest BCUT2D eigenvalue weighted by Gasteiger charge is 2.21. The minimum absolute atomic E-state index is 0.0862. The summed E-state index contributed by atoms with van der Waals surface area (Å²) in [4.78, 5) is 10.9. The van der Waals surface area contributed by atoms with Gasteiger partial charge in [-0.3, -0.25) is 0 Å². The van der Waals surface area contributed by atoms with Crippen molar-refractivity contribution in [3.63, 3.8) is 0 Å². The Bertz CT molecular complexity index is 540. The van der Waals surface area contributed by atoms with Crippen LogP contribution in [0.2, 0.25) is 0 Å². The van der Waals surface area contributed by atoms with Crippen LogP contribution < -0.4 is 26.3 Å². The molecule has 0 bridgehead atoms. The molecular weight excluding hydrogens is 334 g/mol. The maximum absolute atomic E-state index is 13.1. The van der Waals surface area contributed by atoms with Crippen LogP contribution >= 0.6 is 0 Å². The number of aromatic carboxylic acids is 1. The van der Waals surface area contributed by atoms with Crippen LogP contribution in [0, 0.1) is 13.0 Å². The highest BCUT2D eigenvalue weighted by molar-refractivity contribution is 5.85. The van der Waals surface area contributed by atoms with Gasteiger partial charge < -0.3 is 9.90 Å². The third kappa shape index (κ3) is 3.03. The molecule has 0 aliphatic heterocycles. The summed E-state index contributed by atoms with van der Waals surface area (Å²) in [5, 5.41) is 10.9. The minimum atomic E-state index is -1.25. The maximum Gasteiger partial charge on any atom is 0.358 e. The molecule has 86 valence electrons. The third-order valence-electron chi connectivity index (χ3n) is 2.10. The number of carboxylic acid groups (broad SMARTS) is 1. The van der Waals surface area contributed by atoms with E-state index >= 15 is 0 Å². The van der Waals surface area contributed by atoms with Crippen molar-refractivity contribution in [1.82, 2.24) is 0 Å². The number of rotatable bonds is 3. The Labute approximate surface area is 108 Å². The van der Waals surface area contributed by atoms with Gasteiger partial charge in [0, 0.05) is 6.07 Å². The Balaban J connectivity index is 2.37. The van der Waals surface area contributed by atoms with Crippen molar-refractivity contribution in [2.24, 2.45) is 0 Å². The second kappa shape index (κ2) is 5.27. The number of hydrogen-bond acceptors (Lipinski definition) is 2. The quantitative estimate of drug-likeness (QED) is 0.625. The minimum Gasteiger partial charge on any atom is -0.545 e. The van der Waals surface area contributed by atoms with Crippen molar-refractivity contribution in [3.8, 4) is 0 Å². The molecule has 0 aliphatic carbocycles. The molecule has 0 amide bonds. The summed E-state index contributed by atoms with van der Waals surface area (Å²) in [5.41, 5.74) is 0.0862. The van der Waals surface area contributed by atoms with E-state index in [1.807, 2.05) is 30.3 Å². The van der Waals surface area contributed by atoms with Crippen LogP contribution in [0.25, 0.3) is 0 Å². The van der Waals surface area contributed by atoms with Gasteiger partial charge in [0.1, 0.15) is 5.82 Å². The Hall–Kier alpha value is -1.43. The second-order valence-corrected chi connectivity index (χ2v) is 6.25. The molecule has 0 fully saturated rings. The fourth-order valence-corrected chi connectivity index (χ4v) is 3.92. The van der Waals surface area contributed by atoms with Gasteiger partial charge in [0.05, 0.1) is 11.5 Å². The number of carbonyl (C=O) groups is 1. The van der Waals surface area contributed by atoms with Crippen LogP contribution in [0.5, 0.6) is 0 Å². The van der Waals surface area contributed by atoms with Gasteiger partial charge in [-0.1, -0.05) is 18.2 Å². The van der Waals surface area contributed by atoms with Gasteiger partial charge in [-0.2, -0.15) is 0 Å². The molecule has 0 N–H and O–H groups in total. The molecule has 0 radical (unpaired) electrons. The van der Waals surface area contributed by atoms with Crippen molar-refractivity contribution in [2.45, 2.75) is 0 Å². The first-order valence-corrected chi connectivity index (χ1v) is 7.03. The van der Waals surface area contributed by atoms with Gasteiger partial charge >= 0.3 is 21.2 Å². The molecule has 2 aromatic rings. The molecule has 0 aliphatic rings. The molecule has 0 unspecified atom stereocenters. The van der Waals surface area contributed by atoms with Crippen LogP contribution in [0.4, 0.5) is 4.39 Å². The Morgan fingerprint density at radius 2 is 1.82 bits per heavy atom. The lowest BCUT2D eigenvalue weighted by atomic mass is 10.2. The van der Waals surface area contributed by atoms with E-state index in [1.165, 1.54) is 12.1 Å². The zero-order chi connectivity index (χ0) is 12.3. The number of carboxylic acids is 1. The summed E-state index contributed by atoms with van der Waals surface area (Å²) >= 11 is -0.704. The SMILES string of the molecule is O=C([O-])c1ccc(F)cc1[I+]c1ccccc1. The number of carbonyl (C=O) groups excluding carboxylic acids is 1. The lowest BCUT2D eigenvalue weighted by Gasteiger charge is -2.01. The van der Waals surface area contributed by atoms with Gasteiger partial charge in [0.25, 0.3) is 0 Å². The molecule has 2 aromatic carbocycles. The van der Waals surface area contributed by atoms with Gasteiger partial charge in [0.15, 0.2) is 3.57 Å². The third-order valence-corrected chi connectivity index (χ3v) is 4.91. The fourth-order valence-electron chi connectivity index (χ4n) is 1.33. The molecular formula is C13H8FIO2. The zero-order valence-electron chi connectivity index (χ0n) is 8.69. The van der Waals surface area contributed by atoms with Crippen molar-refractivity contribution in [1.29, 1.82) is 0 Å². The summed E-state index contributed by atoms with van der Waals surface area (Å²) in [7, 11) is 0. The molecule has 17 heavy (non-hydrogen) atoms. The smallest absolute Gasteiger partial charge is 0.358 e. The number of halogens is 2. The zero-order valence-corrected chi connectivity index (χ0v) is 10.8. The molecule has 2 nitrogen and oxygen atoms in total. The van der Waals surface area contributed by atoms with Gasteiger partial charge in [-0.25, -0.2) is 4.39 Å². The number of hydrogen-bond donors (Lipinski definition) is 0. The monoisotopic (exact) mass is 342 g/mol. The molecule has 4 heteroatoms. The second-order valence-electron chi connectivity index (χ2n) is 3.30. The molecule has 2 rings (SSSR count). The van der Waals surface area contributed by atoms with E-state index in [0.29, 0.717) is 3.57 Å². The van der Waals surface area contributed by atoms with E-state index in [-0.39, 0.29) is 5.56 Å². The predicted octanol–water partition coefficient (Wildman–Crippen LogP) is -1.68. The van der Waals surface area contributed by atoms with E-state index in [4.69, 9.17) is 0 Å². The molecule has 0 saturated heterocycles. The Morgan fingerprint density at radius 1 is 1.12 bits per heavy atom. The van der Waals surface area contributed by atoms with E-state index in [0.717, 1.165) is 9.64 Å². The first-order valence-electron chi connectivity index (χ1n) is 4.87. The van der Waals surface area contributed by atoms with Crippen molar-refractivity contribution < 1.29 is 35.5 Å². The molecule has 0 spiro atoms. The summed E-state index contributed by atoms with van der Waals surface area (Å²) in [5.74, 6) is -1.67. The van der Waals surface area contributed by atoms with Crippen LogP contribution in [0.3, 0.4) is 0 Å². The molecule has 0 aromatic heterocycles. The first-order chi connectivity index (χ1) is 8.16. The largest absolute Gasteiger partial charge is 0.545 e. The summed E-state index contributed by atoms with van der Waals surface area (Å²) < 4.78 is 14.7. The van der Waals surface area contributed by atoms with Gasteiger partial charge in [0.2, 0.25) is 3.57 Å². The lowest BCUT2D eigenvalue weighted by molar-refractivity contribution is -0.598. The summed E-state index contributed by atoms with van der Waals surface area (Å²) in [6, 6.07) is 13.2. The Morgan fingerprint density at radius 3 is 2.47 bits per heavy atom. The van der Waals surface area contributed by atoms with Gasteiger partial charge in [-0.15, -0.1) is 0 Å². The van der Waals surface area contributed by atoms with Crippen molar-refractivity contribution in [2.75, 3.05) is 0 Å². The molecule has 0 atom stereocenters. The van der Waals surface area contributed by atoms with E-state index in [2.05, 4.69) is 0 Å². The van der Waals surface area contributed by atoms with Crippen LogP contribution in [0.15, 0.2) is 48.5 Å².